The van der Waals surface area contributed by atoms with Gasteiger partial charge in [0.2, 0.25) is 5.88 Å². The number of ether oxygens (including phenoxy) is 1. The average molecular weight is 410 g/mol. The molecule has 29 heavy (non-hydrogen) atoms. The van der Waals surface area contributed by atoms with Gasteiger partial charge in [-0.2, -0.15) is 0 Å². The van der Waals surface area contributed by atoms with Crippen molar-refractivity contribution in [3.8, 4) is 11.6 Å². The van der Waals surface area contributed by atoms with E-state index in [4.69, 9.17) is 16.3 Å². The molecule has 1 fully saturated rings. The highest BCUT2D eigenvalue weighted by atomic mass is 35.5. The van der Waals surface area contributed by atoms with Crippen molar-refractivity contribution in [2.45, 2.75) is 50.8 Å². The van der Waals surface area contributed by atoms with Crippen LogP contribution >= 0.6 is 11.6 Å². The number of pyridine rings is 1. The zero-order chi connectivity index (χ0) is 19.8. The molecule has 0 amide bonds. The summed E-state index contributed by atoms with van der Waals surface area (Å²) in [5, 5.41) is 9.94. The third-order valence-electron chi connectivity index (χ3n) is 5.85. The van der Waals surface area contributed by atoms with Crippen LogP contribution in [0.2, 0.25) is 5.02 Å². The lowest BCUT2D eigenvalue weighted by atomic mass is 9.86. The molecule has 0 saturated heterocycles. The maximum Gasteiger partial charge on any atom is 0.213 e. The number of aromatic nitrogens is 4. The highest BCUT2D eigenvalue weighted by Gasteiger charge is 2.30. The molecule has 0 unspecified atom stereocenters. The van der Waals surface area contributed by atoms with Crippen molar-refractivity contribution < 1.29 is 4.74 Å². The summed E-state index contributed by atoms with van der Waals surface area (Å²) in [5.74, 6) is 3.15. The van der Waals surface area contributed by atoms with Gasteiger partial charge in [0.1, 0.15) is 11.9 Å². The molecule has 0 N–H and O–H groups in total. The van der Waals surface area contributed by atoms with Crippen LogP contribution in [0, 0.1) is 0 Å². The first-order chi connectivity index (χ1) is 14.2. The zero-order valence-corrected chi connectivity index (χ0v) is 17.2. The Bertz CT molecular complexity index is 998. The summed E-state index contributed by atoms with van der Waals surface area (Å²) in [7, 11) is 2.11. The number of fused-ring (bicyclic) bond motifs is 3. The summed E-state index contributed by atoms with van der Waals surface area (Å²) in [4.78, 5) is 6.54. The molecule has 0 bridgehead atoms. The normalized spacial score (nSPS) is 21.9. The minimum Gasteiger partial charge on any atom is -0.474 e. The fraction of sp³-hybridized carbons (Fsp3) is 0.409. The second-order valence-electron chi connectivity index (χ2n) is 8.01. The largest absolute Gasteiger partial charge is 0.474 e. The standard InChI is InChI=1S/C22H24ClN5O/c1-27-13-16-12-17(23)7-10-19(16)28-20(14-27)25-26-22(28)15-5-8-18(9-6-15)29-21-4-2-3-11-24-21/h2-4,7,10-12,15,18H,5-6,8-9,13-14H2,1H3/t15-,18+. The van der Waals surface area contributed by atoms with Crippen LogP contribution in [0.15, 0.2) is 42.6 Å². The van der Waals surface area contributed by atoms with E-state index in [1.165, 1.54) is 5.56 Å². The van der Waals surface area contributed by atoms with Crippen LogP contribution in [0.5, 0.6) is 5.88 Å². The van der Waals surface area contributed by atoms with Gasteiger partial charge in [-0.25, -0.2) is 4.98 Å². The number of rotatable bonds is 3. The number of hydrogen-bond donors (Lipinski definition) is 0. The molecule has 2 aliphatic rings. The lowest BCUT2D eigenvalue weighted by molar-refractivity contribution is 0.139. The van der Waals surface area contributed by atoms with Crippen molar-refractivity contribution in [3.63, 3.8) is 0 Å². The van der Waals surface area contributed by atoms with E-state index in [-0.39, 0.29) is 6.10 Å². The van der Waals surface area contributed by atoms with E-state index in [2.05, 4.69) is 43.8 Å². The van der Waals surface area contributed by atoms with E-state index in [9.17, 15) is 0 Å². The molecule has 1 aromatic carbocycles. The summed E-state index contributed by atoms with van der Waals surface area (Å²) in [6.07, 6.45) is 6.05. The molecule has 1 aliphatic heterocycles. The van der Waals surface area contributed by atoms with Gasteiger partial charge < -0.3 is 4.74 Å². The molecule has 0 atom stereocenters. The molecule has 2 aromatic heterocycles. The third-order valence-corrected chi connectivity index (χ3v) is 6.09. The Hall–Kier alpha value is -2.44. The van der Waals surface area contributed by atoms with E-state index < -0.39 is 0 Å². The smallest absolute Gasteiger partial charge is 0.213 e. The van der Waals surface area contributed by atoms with Crippen LogP contribution in [0.1, 0.15) is 48.8 Å². The van der Waals surface area contributed by atoms with Crippen LogP contribution in [-0.2, 0) is 13.1 Å². The van der Waals surface area contributed by atoms with E-state index in [1.807, 2.05) is 24.3 Å². The van der Waals surface area contributed by atoms with E-state index in [0.29, 0.717) is 11.8 Å². The molecule has 1 saturated carbocycles. The molecule has 3 heterocycles. The second-order valence-corrected chi connectivity index (χ2v) is 8.45. The van der Waals surface area contributed by atoms with E-state index >= 15 is 0 Å². The first kappa shape index (κ1) is 18.6. The molecule has 0 radical (unpaired) electrons. The topological polar surface area (TPSA) is 56.1 Å². The average Bonchev–Trinajstić information content (AvgIpc) is 3.06. The van der Waals surface area contributed by atoms with Crippen molar-refractivity contribution in [1.29, 1.82) is 0 Å². The van der Waals surface area contributed by atoms with Crippen molar-refractivity contribution >= 4 is 11.6 Å². The van der Waals surface area contributed by atoms with Gasteiger partial charge in [0.15, 0.2) is 5.82 Å². The second kappa shape index (κ2) is 7.76. The van der Waals surface area contributed by atoms with Gasteiger partial charge in [0.25, 0.3) is 0 Å². The zero-order valence-electron chi connectivity index (χ0n) is 16.5. The van der Waals surface area contributed by atoms with Gasteiger partial charge in [-0.3, -0.25) is 9.47 Å². The highest BCUT2D eigenvalue weighted by Crippen LogP contribution is 2.36. The summed E-state index contributed by atoms with van der Waals surface area (Å²) in [6.45, 7) is 1.63. The van der Waals surface area contributed by atoms with Gasteiger partial charge in [-0.05, 0) is 62.6 Å². The highest BCUT2D eigenvalue weighted by molar-refractivity contribution is 6.30. The van der Waals surface area contributed by atoms with E-state index in [1.54, 1.807) is 6.20 Å². The van der Waals surface area contributed by atoms with Crippen LogP contribution in [0.4, 0.5) is 0 Å². The number of benzene rings is 1. The number of halogens is 1. The maximum absolute atomic E-state index is 6.27. The summed E-state index contributed by atoms with van der Waals surface area (Å²) in [6, 6.07) is 11.9. The minimum absolute atomic E-state index is 0.213. The van der Waals surface area contributed by atoms with Crippen molar-refractivity contribution in [1.82, 2.24) is 24.6 Å². The SMILES string of the molecule is CN1Cc2cc(Cl)ccc2-n2c(nnc2[C@H]2CC[C@@H](Oc3ccccn3)CC2)C1. The molecule has 6 nitrogen and oxygen atoms in total. The molecule has 3 aromatic rings. The van der Waals surface area contributed by atoms with Gasteiger partial charge in [-0.15, -0.1) is 10.2 Å². The molecular formula is C22H24ClN5O. The molecule has 7 heteroatoms. The Kier molecular flexibility index (Phi) is 4.97. The fourth-order valence-corrected chi connectivity index (χ4v) is 4.67. The lowest BCUT2D eigenvalue weighted by Gasteiger charge is -2.28. The van der Waals surface area contributed by atoms with Crippen molar-refractivity contribution in [2.24, 2.45) is 0 Å². The summed E-state index contributed by atoms with van der Waals surface area (Å²) >= 11 is 6.27. The van der Waals surface area contributed by atoms with E-state index in [0.717, 1.165) is 61.1 Å². The monoisotopic (exact) mass is 409 g/mol. The predicted molar refractivity (Wildman–Crippen MR) is 111 cm³/mol. The van der Waals surface area contributed by atoms with Crippen LogP contribution in [0.3, 0.4) is 0 Å². The molecule has 5 rings (SSSR count). The Morgan fingerprint density at radius 2 is 1.90 bits per heavy atom. The molecule has 1 aliphatic carbocycles. The van der Waals surface area contributed by atoms with Crippen LogP contribution < -0.4 is 4.74 Å². The lowest BCUT2D eigenvalue weighted by Crippen LogP contribution is -2.25. The van der Waals surface area contributed by atoms with Crippen LogP contribution in [-0.4, -0.2) is 37.8 Å². The first-order valence-electron chi connectivity index (χ1n) is 10.2. The first-order valence-corrected chi connectivity index (χ1v) is 10.5. The summed E-state index contributed by atoms with van der Waals surface area (Å²) < 4.78 is 8.33. The van der Waals surface area contributed by atoms with Gasteiger partial charge in [-0.1, -0.05) is 17.7 Å². The van der Waals surface area contributed by atoms with Gasteiger partial charge in [0.05, 0.1) is 12.2 Å². The third kappa shape index (κ3) is 3.74. The Morgan fingerprint density at radius 3 is 2.69 bits per heavy atom. The quantitative estimate of drug-likeness (QED) is 0.643. The molecule has 0 spiro atoms. The minimum atomic E-state index is 0.213. The predicted octanol–water partition coefficient (Wildman–Crippen LogP) is 4.37. The Morgan fingerprint density at radius 1 is 1.03 bits per heavy atom. The maximum atomic E-state index is 6.27. The molecule has 150 valence electrons. The number of hydrogen-bond acceptors (Lipinski definition) is 5. The van der Waals surface area contributed by atoms with Gasteiger partial charge in [0, 0.05) is 29.7 Å². The Labute approximate surface area is 175 Å². The summed E-state index contributed by atoms with van der Waals surface area (Å²) in [5.41, 5.74) is 2.37. The number of nitrogens with zero attached hydrogens (tertiary/aromatic N) is 5. The van der Waals surface area contributed by atoms with Gasteiger partial charge >= 0.3 is 0 Å². The van der Waals surface area contributed by atoms with Crippen molar-refractivity contribution in [2.75, 3.05) is 7.05 Å². The van der Waals surface area contributed by atoms with Crippen LogP contribution in [0.25, 0.3) is 5.69 Å². The van der Waals surface area contributed by atoms with Crippen molar-refractivity contribution in [3.05, 3.63) is 64.8 Å². The Balaban J connectivity index is 1.38. The fourth-order valence-electron chi connectivity index (χ4n) is 4.47. The molecular weight excluding hydrogens is 386 g/mol.